The Labute approximate surface area is 80.2 Å². The van der Waals surface area contributed by atoms with Crippen LogP contribution >= 0.6 is 0 Å². The molecule has 1 aliphatic heterocycles. The highest BCUT2D eigenvalue weighted by molar-refractivity contribution is 5.13. The van der Waals surface area contributed by atoms with Crippen molar-refractivity contribution in [3.05, 3.63) is 0 Å². The molecule has 0 N–H and O–H groups in total. The van der Waals surface area contributed by atoms with Gasteiger partial charge in [0, 0.05) is 6.42 Å². The molecular weight excluding hydrogens is 233 g/mol. The van der Waals surface area contributed by atoms with Gasteiger partial charge in [0.1, 0.15) is 6.67 Å². The molecule has 90 valence electrons. The standard InChI is InChI=1S/C7H7F7O/c1-2-5(10)4(9,3-8)6(11,12)7(13,14)15-5/h2-3H2,1H3. The topological polar surface area (TPSA) is 9.23 Å². The van der Waals surface area contributed by atoms with Crippen molar-refractivity contribution in [2.75, 3.05) is 6.67 Å². The summed E-state index contributed by atoms with van der Waals surface area (Å²) in [6, 6.07) is 0. The minimum Gasteiger partial charge on any atom is -0.274 e. The van der Waals surface area contributed by atoms with Crippen LogP contribution in [-0.2, 0) is 4.74 Å². The van der Waals surface area contributed by atoms with Crippen LogP contribution in [0.15, 0.2) is 0 Å². The molecule has 1 saturated heterocycles. The van der Waals surface area contributed by atoms with E-state index in [0.29, 0.717) is 0 Å². The van der Waals surface area contributed by atoms with Crippen LogP contribution in [-0.4, -0.2) is 30.2 Å². The van der Waals surface area contributed by atoms with Gasteiger partial charge in [0.05, 0.1) is 0 Å². The maximum Gasteiger partial charge on any atom is 0.425 e. The smallest absolute Gasteiger partial charge is 0.274 e. The van der Waals surface area contributed by atoms with Crippen molar-refractivity contribution >= 4 is 0 Å². The molecule has 1 fully saturated rings. The minimum atomic E-state index is -5.54. The van der Waals surface area contributed by atoms with E-state index >= 15 is 0 Å². The first-order chi connectivity index (χ1) is 6.58. The van der Waals surface area contributed by atoms with E-state index in [0.717, 1.165) is 6.92 Å². The molecule has 0 aromatic rings. The largest absolute Gasteiger partial charge is 0.425 e. The molecule has 2 atom stereocenters. The second-order valence-corrected chi connectivity index (χ2v) is 3.21. The Hall–Kier alpha value is -0.530. The summed E-state index contributed by atoms with van der Waals surface area (Å²) in [7, 11) is 0. The molecule has 0 radical (unpaired) electrons. The molecular formula is C7H7F7O. The molecule has 1 nitrogen and oxygen atoms in total. The molecule has 15 heavy (non-hydrogen) atoms. The lowest BCUT2D eigenvalue weighted by Gasteiger charge is -2.29. The van der Waals surface area contributed by atoms with E-state index in [-0.39, 0.29) is 0 Å². The zero-order chi connectivity index (χ0) is 12.1. The first-order valence-electron chi connectivity index (χ1n) is 3.97. The van der Waals surface area contributed by atoms with Crippen LogP contribution in [0.25, 0.3) is 0 Å². The Morgan fingerprint density at radius 2 is 1.47 bits per heavy atom. The fourth-order valence-corrected chi connectivity index (χ4v) is 1.35. The summed E-state index contributed by atoms with van der Waals surface area (Å²) in [6.45, 7) is -1.80. The number of hydrogen-bond acceptors (Lipinski definition) is 1. The van der Waals surface area contributed by atoms with Gasteiger partial charge in [0.2, 0.25) is 0 Å². The van der Waals surface area contributed by atoms with Gasteiger partial charge in [-0.3, -0.25) is 4.74 Å². The van der Waals surface area contributed by atoms with Gasteiger partial charge < -0.3 is 0 Å². The van der Waals surface area contributed by atoms with Crippen LogP contribution in [0.1, 0.15) is 13.3 Å². The lowest BCUT2D eigenvalue weighted by Crippen LogP contribution is -2.57. The Morgan fingerprint density at radius 1 is 1.00 bits per heavy atom. The third-order valence-electron chi connectivity index (χ3n) is 2.38. The zero-order valence-corrected chi connectivity index (χ0v) is 7.47. The van der Waals surface area contributed by atoms with Crippen LogP contribution in [0.3, 0.4) is 0 Å². The van der Waals surface area contributed by atoms with Gasteiger partial charge in [0.15, 0.2) is 0 Å². The third-order valence-corrected chi connectivity index (χ3v) is 2.38. The van der Waals surface area contributed by atoms with Crippen LogP contribution in [0, 0.1) is 0 Å². The zero-order valence-electron chi connectivity index (χ0n) is 7.47. The summed E-state index contributed by atoms with van der Waals surface area (Å²) in [5, 5.41) is 0. The van der Waals surface area contributed by atoms with Gasteiger partial charge in [-0.2, -0.15) is 17.6 Å². The third kappa shape index (κ3) is 1.20. The molecule has 0 saturated carbocycles. The van der Waals surface area contributed by atoms with E-state index in [1.807, 2.05) is 0 Å². The van der Waals surface area contributed by atoms with Crippen LogP contribution in [0.2, 0.25) is 0 Å². The first kappa shape index (κ1) is 12.5. The predicted octanol–water partition coefficient (Wildman–Crippen LogP) is 3.00. The van der Waals surface area contributed by atoms with Crippen molar-refractivity contribution in [2.24, 2.45) is 0 Å². The van der Waals surface area contributed by atoms with Crippen molar-refractivity contribution in [1.29, 1.82) is 0 Å². The number of ether oxygens (including phenoxy) is 1. The average molecular weight is 240 g/mol. The highest BCUT2D eigenvalue weighted by Gasteiger charge is 2.87. The first-order valence-corrected chi connectivity index (χ1v) is 3.97. The maximum absolute atomic E-state index is 13.3. The van der Waals surface area contributed by atoms with Gasteiger partial charge in [-0.1, -0.05) is 6.92 Å². The molecule has 0 aliphatic carbocycles. The molecule has 0 bridgehead atoms. The van der Waals surface area contributed by atoms with E-state index < -0.39 is 36.7 Å². The molecule has 0 amide bonds. The summed E-state index contributed by atoms with van der Waals surface area (Å²) in [5.74, 6) is -9.58. The Morgan fingerprint density at radius 3 is 1.73 bits per heavy atom. The Bertz CT molecular complexity index is 268. The fraction of sp³-hybridized carbons (Fsp3) is 1.00. The molecule has 0 spiro atoms. The van der Waals surface area contributed by atoms with Gasteiger partial charge in [-0.15, -0.1) is 0 Å². The molecule has 1 heterocycles. The summed E-state index contributed by atoms with van der Waals surface area (Å²) < 4.78 is 92.1. The molecule has 2 unspecified atom stereocenters. The van der Waals surface area contributed by atoms with Gasteiger partial charge in [-0.05, 0) is 0 Å². The monoisotopic (exact) mass is 240 g/mol. The second kappa shape index (κ2) is 2.99. The van der Waals surface area contributed by atoms with Crippen LogP contribution in [0.5, 0.6) is 0 Å². The summed E-state index contributed by atoms with van der Waals surface area (Å²) in [4.78, 5) is 0. The van der Waals surface area contributed by atoms with Gasteiger partial charge in [-0.25, -0.2) is 13.2 Å². The van der Waals surface area contributed by atoms with Crippen molar-refractivity contribution in [2.45, 2.75) is 36.9 Å². The summed E-state index contributed by atoms with van der Waals surface area (Å²) in [5.41, 5.74) is -4.67. The summed E-state index contributed by atoms with van der Waals surface area (Å²) >= 11 is 0. The van der Waals surface area contributed by atoms with E-state index in [9.17, 15) is 30.7 Å². The van der Waals surface area contributed by atoms with Crippen molar-refractivity contribution in [1.82, 2.24) is 0 Å². The van der Waals surface area contributed by atoms with Gasteiger partial charge in [0.25, 0.3) is 11.5 Å². The maximum atomic E-state index is 13.3. The summed E-state index contributed by atoms with van der Waals surface area (Å²) in [6.07, 6.45) is -6.52. The highest BCUT2D eigenvalue weighted by atomic mass is 19.3. The lowest BCUT2D eigenvalue weighted by molar-refractivity contribution is -0.337. The van der Waals surface area contributed by atoms with Crippen molar-refractivity contribution in [3.8, 4) is 0 Å². The quantitative estimate of drug-likeness (QED) is 0.674. The minimum absolute atomic E-state index is 0.793. The van der Waals surface area contributed by atoms with Crippen molar-refractivity contribution in [3.63, 3.8) is 0 Å². The lowest BCUT2D eigenvalue weighted by atomic mass is 9.91. The molecule has 0 aromatic heterocycles. The van der Waals surface area contributed by atoms with Crippen LogP contribution in [0.4, 0.5) is 30.7 Å². The highest BCUT2D eigenvalue weighted by Crippen LogP contribution is 2.60. The Balaban J connectivity index is 3.31. The normalized spacial score (nSPS) is 43.2. The molecule has 0 aromatic carbocycles. The SMILES string of the molecule is CCC1(F)OC(F)(F)C(F)(F)C1(F)CF. The van der Waals surface area contributed by atoms with Crippen LogP contribution < -0.4 is 0 Å². The van der Waals surface area contributed by atoms with E-state index in [1.165, 1.54) is 0 Å². The second-order valence-electron chi connectivity index (χ2n) is 3.21. The Kier molecular flexibility index (Phi) is 2.50. The number of halogens is 7. The van der Waals surface area contributed by atoms with E-state index in [1.54, 1.807) is 0 Å². The van der Waals surface area contributed by atoms with Gasteiger partial charge >= 0.3 is 12.0 Å². The number of alkyl halides is 7. The number of hydrogen-bond donors (Lipinski definition) is 0. The van der Waals surface area contributed by atoms with Crippen molar-refractivity contribution < 1.29 is 35.5 Å². The molecule has 8 heteroatoms. The fourth-order valence-electron chi connectivity index (χ4n) is 1.35. The predicted molar refractivity (Wildman–Crippen MR) is 34.9 cm³/mol. The number of rotatable bonds is 2. The molecule has 1 rings (SSSR count). The van der Waals surface area contributed by atoms with E-state index in [4.69, 9.17) is 0 Å². The molecule has 1 aliphatic rings. The average Bonchev–Trinajstić information content (AvgIpc) is 2.23. The van der Waals surface area contributed by atoms with E-state index in [2.05, 4.69) is 4.74 Å².